The smallest absolute Gasteiger partial charge is 0.344 e. The number of benzene rings is 1. The Labute approximate surface area is 119 Å². The summed E-state index contributed by atoms with van der Waals surface area (Å²) < 4.78 is 22.3. The Balaban J connectivity index is 2.14. The van der Waals surface area contributed by atoms with Gasteiger partial charge in [0.1, 0.15) is 16.4 Å². The quantitative estimate of drug-likeness (QED) is 0.829. The first kappa shape index (κ1) is 14.3. The van der Waals surface area contributed by atoms with E-state index in [0.29, 0.717) is 10.6 Å². The van der Waals surface area contributed by atoms with Crippen molar-refractivity contribution in [3.05, 3.63) is 41.2 Å². The minimum absolute atomic E-state index is 0.115. The fourth-order valence-electron chi connectivity index (χ4n) is 1.64. The van der Waals surface area contributed by atoms with Crippen molar-refractivity contribution in [3.63, 3.8) is 0 Å². The summed E-state index contributed by atoms with van der Waals surface area (Å²) in [4.78, 5) is 11.8. The molecule has 0 aliphatic rings. The highest BCUT2D eigenvalue weighted by Gasteiger charge is 2.20. The minimum Gasteiger partial charge on any atom is -0.462 e. The van der Waals surface area contributed by atoms with Crippen LogP contribution in [0.1, 0.15) is 22.8 Å². The molecule has 0 fully saturated rings. The maximum absolute atomic E-state index is 13.5. The largest absolute Gasteiger partial charge is 0.462 e. The van der Waals surface area contributed by atoms with Gasteiger partial charge < -0.3 is 15.8 Å². The van der Waals surface area contributed by atoms with Gasteiger partial charge in [-0.2, -0.15) is 4.37 Å². The number of nitrogens with one attached hydrogen (secondary N) is 1. The molecule has 20 heavy (non-hydrogen) atoms. The molecule has 2 aromatic rings. The Bertz CT molecular complexity index is 615. The van der Waals surface area contributed by atoms with Crippen LogP contribution in [-0.2, 0) is 11.3 Å². The molecule has 0 spiro atoms. The third kappa shape index (κ3) is 3.05. The predicted molar refractivity (Wildman–Crippen MR) is 76.2 cm³/mol. The Kier molecular flexibility index (Phi) is 4.52. The number of hydrogen-bond donors (Lipinski definition) is 2. The van der Waals surface area contributed by atoms with E-state index in [-0.39, 0.29) is 30.4 Å². The van der Waals surface area contributed by atoms with Crippen LogP contribution in [-0.4, -0.2) is 16.9 Å². The van der Waals surface area contributed by atoms with Crippen molar-refractivity contribution in [2.75, 3.05) is 17.7 Å². The van der Waals surface area contributed by atoms with E-state index in [1.807, 2.05) is 0 Å². The molecule has 106 valence electrons. The van der Waals surface area contributed by atoms with E-state index >= 15 is 0 Å². The van der Waals surface area contributed by atoms with Crippen LogP contribution in [0.25, 0.3) is 0 Å². The summed E-state index contributed by atoms with van der Waals surface area (Å²) in [5.41, 5.74) is 6.35. The average molecular weight is 295 g/mol. The number of anilines is 2. The van der Waals surface area contributed by atoms with Crippen LogP contribution in [0.2, 0.25) is 0 Å². The van der Waals surface area contributed by atoms with E-state index in [0.717, 1.165) is 11.5 Å². The summed E-state index contributed by atoms with van der Waals surface area (Å²) in [5.74, 6) is -0.727. The highest BCUT2D eigenvalue weighted by atomic mass is 32.1. The summed E-state index contributed by atoms with van der Waals surface area (Å²) in [6.07, 6.45) is 0. The lowest BCUT2D eigenvalue weighted by Crippen LogP contribution is -2.10. The first-order chi connectivity index (χ1) is 9.63. The van der Waals surface area contributed by atoms with Gasteiger partial charge >= 0.3 is 5.97 Å². The molecule has 1 aromatic carbocycles. The Morgan fingerprint density at radius 2 is 2.25 bits per heavy atom. The van der Waals surface area contributed by atoms with Crippen LogP contribution >= 0.6 is 11.5 Å². The van der Waals surface area contributed by atoms with Crippen molar-refractivity contribution in [2.45, 2.75) is 13.5 Å². The number of halogens is 1. The number of rotatable bonds is 5. The van der Waals surface area contributed by atoms with Crippen LogP contribution in [0.4, 0.5) is 15.2 Å². The van der Waals surface area contributed by atoms with Gasteiger partial charge in [0, 0.05) is 12.1 Å². The zero-order valence-electron chi connectivity index (χ0n) is 10.9. The number of carbonyl (C=O) groups excluding carboxylic acids is 1. The zero-order chi connectivity index (χ0) is 14.5. The lowest BCUT2D eigenvalue weighted by molar-refractivity contribution is 0.0529. The molecule has 0 saturated carbocycles. The van der Waals surface area contributed by atoms with Gasteiger partial charge in [-0.25, -0.2) is 9.18 Å². The van der Waals surface area contributed by atoms with Gasteiger partial charge in [0.25, 0.3) is 0 Å². The number of nitrogens with zero attached hydrogens (tertiary/aromatic N) is 1. The fourth-order valence-corrected chi connectivity index (χ4v) is 2.34. The monoisotopic (exact) mass is 295 g/mol. The van der Waals surface area contributed by atoms with E-state index in [1.54, 1.807) is 25.1 Å². The standard InChI is InChI=1S/C13H14FN3O2S/c1-2-19-13(18)10-11(15)17-20-12(10)16-7-8-5-3-4-6-9(8)14/h3-6,16H,2,7H2,1H3,(H2,15,17). The van der Waals surface area contributed by atoms with Crippen LogP contribution in [0.15, 0.2) is 24.3 Å². The zero-order valence-corrected chi connectivity index (χ0v) is 11.7. The molecule has 0 radical (unpaired) electrons. The number of hydrogen-bond acceptors (Lipinski definition) is 6. The molecule has 2 rings (SSSR count). The van der Waals surface area contributed by atoms with Gasteiger partial charge in [0.05, 0.1) is 6.61 Å². The number of carbonyl (C=O) groups is 1. The number of ether oxygens (including phenoxy) is 1. The molecule has 0 atom stereocenters. The van der Waals surface area contributed by atoms with E-state index in [9.17, 15) is 9.18 Å². The van der Waals surface area contributed by atoms with E-state index in [4.69, 9.17) is 10.5 Å². The lowest BCUT2D eigenvalue weighted by atomic mass is 10.2. The van der Waals surface area contributed by atoms with Crippen molar-refractivity contribution in [1.29, 1.82) is 0 Å². The summed E-state index contributed by atoms with van der Waals surface area (Å²) >= 11 is 1.05. The second kappa shape index (κ2) is 6.33. The molecular weight excluding hydrogens is 281 g/mol. The topological polar surface area (TPSA) is 77.2 Å². The van der Waals surface area contributed by atoms with Crippen molar-refractivity contribution in [3.8, 4) is 0 Å². The van der Waals surface area contributed by atoms with Gasteiger partial charge in [0.15, 0.2) is 5.82 Å². The van der Waals surface area contributed by atoms with E-state index in [2.05, 4.69) is 9.69 Å². The highest BCUT2D eigenvalue weighted by Crippen LogP contribution is 2.28. The van der Waals surface area contributed by atoms with Crippen LogP contribution in [0.5, 0.6) is 0 Å². The number of nitrogen functional groups attached to an aromatic ring is 1. The number of esters is 1. The normalized spacial score (nSPS) is 10.3. The van der Waals surface area contributed by atoms with Gasteiger partial charge in [0.2, 0.25) is 0 Å². The molecule has 0 unspecified atom stereocenters. The van der Waals surface area contributed by atoms with Crippen molar-refractivity contribution < 1.29 is 13.9 Å². The van der Waals surface area contributed by atoms with Crippen LogP contribution < -0.4 is 11.1 Å². The SMILES string of the molecule is CCOC(=O)c1c(N)nsc1NCc1ccccc1F. The van der Waals surface area contributed by atoms with E-state index in [1.165, 1.54) is 6.07 Å². The Hall–Kier alpha value is -2.15. The molecule has 0 bridgehead atoms. The number of nitrogens with two attached hydrogens (primary N) is 1. The minimum atomic E-state index is -0.533. The van der Waals surface area contributed by atoms with Gasteiger partial charge in [-0.05, 0) is 24.5 Å². The molecule has 1 aromatic heterocycles. The Morgan fingerprint density at radius 1 is 1.50 bits per heavy atom. The molecule has 0 aliphatic carbocycles. The number of aromatic nitrogens is 1. The Morgan fingerprint density at radius 3 is 2.95 bits per heavy atom. The second-order valence-electron chi connectivity index (χ2n) is 3.94. The van der Waals surface area contributed by atoms with Crippen LogP contribution in [0, 0.1) is 5.82 Å². The predicted octanol–water partition coefficient (Wildman–Crippen LogP) is 2.65. The first-order valence-corrected chi connectivity index (χ1v) is 6.80. The third-order valence-electron chi connectivity index (χ3n) is 2.60. The molecule has 5 nitrogen and oxygen atoms in total. The summed E-state index contributed by atoms with van der Waals surface area (Å²) in [5, 5.41) is 3.44. The molecular formula is C13H14FN3O2S. The average Bonchev–Trinajstić information content (AvgIpc) is 2.79. The van der Waals surface area contributed by atoms with Crippen molar-refractivity contribution in [2.24, 2.45) is 0 Å². The lowest BCUT2D eigenvalue weighted by Gasteiger charge is -2.07. The summed E-state index contributed by atoms with van der Waals surface area (Å²) in [6, 6.07) is 6.40. The highest BCUT2D eigenvalue weighted by molar-refractivity contribution is 7.11. The first-order valence-electron chi connectivity index (χ1n) is 6.03. The summed E-state index contributed by atoms with van der Waals surface area (Å²) in [6.45, 7) is 2.20. The van der Waals surface area contributed by atoms with Gasteiger partial charge in [-0.3, -0.25) is 0 Å². The molecule has 7 heteroatoms. The molecule has 0 aliphatic heterocycles. The fraction of sp³-hybridized carbons (Fsp3) is 0.231. The maximum atomic E-state index is 13.5. The molecule has 0 amide bonds. The van der Waals surface area contributed by atoms with E-state index < -0.39 is 5.97 Å². The molecule has 1 heterocycles. The van der Waals surface area contributed by atoms with Gasteiger partial charge in [-0.15, -0.1) is 0 Å². The second-order valence-corrected chi connectivity index (χ2v) is 4.71. The summed E-state index contributed by atoms with van der Waals surface area (Å²) in [7, 11) is 0. The van der Waals surface area contributed by atoms with Crippen LogP contribution in [0.3, 0.4) is 0 Å². The third-order valence-corrected chi connectivity index (χ3v) is 3.41. The van der Waals surface area contributed by atoms with Crippen molar-refractivity contribution >= 4 is 28.3 Å². The molecule has 3 N–H and O–H groups in total. The molecule has 0 saturated heterocycles. The maximum Gasteiger partial charge on any atom is 0.344 e. The van der Waals surface area contributed by atoms with Crippen molar-refractivity contribution in [1.82, 2.24) is 4.37 Å². The van der Waals surface area contributed by atoms with Gasteiger partial charge in [-0.1, -0.05) is 18.2 Å².